The summed E-state index contributed by atoms with van der Waals surface area (Å²) in [5, 5.41) is 0. The highest BCUT2D eigenvalue weighted by atomic mass is 16.6. The van der Waals surface area contributed by atoms with E-state index >= 15 is 0 Å². The zero-order chi connectivity index (χ0) is 17.7. The Morgan fingerprint density at radius 3 is 2.42 bits per heavy atom. The molecule has 1 unspecified atom stereocenters. The summed E-state index contributed by atoms with van der Waals surface area (Å²) in [6.07, 6.45) is 1.23. The van der Waals surface area contributed by atoms with Crippen LogP contribution >= 0.6 is 0 Å². The summed E-state index contributed by atoms with van der Waals surface area (Å²) < 4.78 is 16.1. The van der Waals surface area contributed by atoms with Gasteiger partial charge < -0.3 is 14.2 Å². The molecule has 0 aliphatic carbocycles. The molecule has 24 heavy (non-hydrogen) atoms. The minimum Gasteiger partial charge on any atom is -0.463 e. The van der Waals surface area contributed by atoms with Crippen molar-refractivity contribution < 1.29 is 23.8 Å². The Kier molecular flexibility index (Phi) is 5.99. The Bertz CT molecular complexity index is 591. The maximum atomic E-state index is 12.5. The molecule has 0 spiro atoms. The van der Waals surface area contributed by atoms with Gasteiger partial charge in [0.05, 0.1) is 19.6 Å². The van der Waals surface area contributed by atoms with Crippen LogP contribution in [0.1, 0.15) is 42.0 Å². The topological polar surface area (TPSA) is 61.8 Å². The smallest absolute Gasteiger partial charge is 0.353 e. The monoisotopic (exact) mass is 334 g/mol. The van der Waals surface area contributed by atoms with Crippen molar-refractivity contribution in [2.45, 2.75) is 52.6 Å². The van der Waals surface area contributed by atoms with Crippen molar-refractivity contribution in [3.05, 3.63) is 34.4 Å². The fraction of sp³-hybridized carbons (Fsp3) is 0.579. The van der Waals surface area contributed by atoms with Gasteiger partial charge in [0.2, 0.25) is 5.60 Å². The summed E-state index contributed by atoms with van der Waals surface area (Å²) in [5.74, 6) is -0.945. The number of rotatable bonds is 5. The van der Waals surface area contributed by atoms with Crippen molar-refractivity contribution in [1.29, 1.82) is 0 Å². The quantitative estimate of drug-likeness (QED) is 0.775. The maximum absolute atomic E-state index is 12.5. The molecule has 1 saturated heterocycles. The lowest BCUT2D eigenvalue weighted by Crippen LogP contribution is -2.51. The van der Waals surface area contributed by atoms with Gasteiger partial charge in [-0.15, -0.1) is 0 Å². The summed E-state index contributed by atoms with van der Waals surface area (Å²) in [6, 6.07) is 4.08. The van der Waals surface area contributed by atoms with Gasteiger partial charge in [-0.3, -0.25) is 4.79 Å². The van der Waals surface area contributed by atoms with E-state index in [1.807, 2.05) is 32.9 Å². The second-order valence-electron chi connectivity index (χ2n) is 6.40. The molecule has 0 N–H and O–H groups in total. The van der Waals surface area contributed by atoms with Crippen LogP contribution in [-0.2, 0) is 30.2 Å². The molecule has 5 heteroatoms. The molecule has 0 radical (unpaired) electrons. The molecule has 132 valence electrons. The van der Waals surface area contributed by atoms with Gasteiger partial charge in [-0.05, 0) is 50.8 Å². The molecule has 1 aromatic carbocycles. The third-order valence-corrected chi connectivity index (χ3v) is 4.32. The van der Waals surface area contributed by atoms with E-state index in [-0.39, 0.29) is 19.6 Å². The molecular formula is C19H26O5. The van der Waals surface area contributed by atoms with E-state index in [2.05, 4.69) is 0 Å². The van der Waals surface area contributed by atoms with Crippen molar-refractivity contribution in [2.75, 3.05) is 19.8 Å². The normalized spacial score (nSPS) is 20.5. The van der Waals surface area contributed by atoms with Gasteiger partial charge in [-0.25, -0.2) is 4.79 Å². The van der Waals surface area contributed by atoms with Gasteiger partial charge in [0.1, 0.15) is 0 Å². The second kappa shape index (κ2) is 7.79. The van der Waals surface area contributed by atoms with Gasteiger partial charge in [-0.2, -0.15) is 0 Å². The molecule has 1 aliphatic rings. The first-order valence-corrected chi connectivity index (χ1v) is 8.41. The fourth-order valence-electron chi connectivity index (χ4n) is 3.20. The predicted molar refractivity (Wildman–Crippen MR) is 89.9 cm³/mol. The largest absolute Gasteiger partial charge is 0.463 e. The summed E-state index contributed by atoms with van der Waals surface area (Å²) in [4.78, 5) is 24.8. The van der Waals surface area contributed by atoms with E-state index in [9.17, 15) is 9.59 Å². The zero-order valence-corrected chi connectivity index (χ0v) is 14.9. The third-order valence-electron chi connectivity index (χ3n) is 4.32. The average molecular weight is 334 g/mol. The lowest BCUT2D eigenvalue weighted by atomic mass is 9.95. The number of esters is 2. The van der Waals surface area contributed by atoms with E-state index in [4.69, 9.17) is 14.2 Å². The van der Waals surface area contributed by atoms with Crippen molar-refractivity contribution in [2.24, 2.45) is 0 Å². The second-order valence-corrected chi connectivity index (χ2v) is 6.40. The first kappa shape index (κ1) is 18.5. The highest BCUT2D eigenvalue weighted by molar-refractivity contribution is 5.84. The summed E-state index contributed by atoms with van der Waals surface area (Å²) in [6.45, 7) is 8.58. The highest BCUT2D eigenvalue weighted by Gasteiger charge is 2.46. The van der Waals surface area contributed by atoms with E-state index in [0.29, 0.717) is 19.4 Å². The van der Waals surface area contributed by atoms with Crippen LogP contribution in [0.4, 0.5) is 0 Å². The molecule has 5 nitrogen and oxygen atoms in total. The number of benzene rings is 1. The van der Waals surface area contributed by atoms with E-state index in [1.165, 1.54) is 0 Å². The van der Waals surface area contributed by atoms with Crippen molar-refractivity contribution >= 4 is 11.9 Å². The van der Waals surface area contributed by atoms with Gasteiger partial charge in [-0.1, -0.05) is 17.7 Å². The van der Waals surface area contributed by atoms with Crippen LogP contribution in [0, 0.1) is 20.8 Å². The number of hydrogen-bond acceptors (Lipinski definition) is 5. The Balaban J connectivity index is 2.15. The van der Waals surface area contributed by atoms with Crippen LogP contribution in [0.5, 0.6) is 0 Å². The Morgan fingerprint density at radius 1 is 1.21 bits per heavy atom. The highest BCUT2D eigenvalue weighted by Crippen LogP contribution is 2.27. The van der Waals surface area contributed by atoms with Crippen LogP contribution in [0.25, 0.3) is 0 Å². The van der Waals surface area contributed by atoms with Crippen LogP contribution < -0.4 is 0 Å². The molecule has 1 atom stereocenters. The van der Waals surface area contributed by atoms with Gasteiger partial charge in [0.15, 0.2) is 0 Å². The molecule has 0 aromatic heterocycles. The number of ether oxygens (including phenoxy) is 3. The molecule has 0 saturated carbocycles. The van der Waals surface area contributed by atoms with Crippen molar-refractivity contribution in [3.8, 4) is 0 Å². The van der Waals surface area contributed by atoms with E-state index in [1.54, 1.807) is 6.92 Å². The van der Waals surface area contributed by atoms with Gasteiger partial charge in [0.25, 0.3) is 0 Å². The minimum atomic E-state index is -1.31. The number of hydrogen-bond donors (Lipinski definition) is 0. The van der Waals surface area contributed by atoms with E-state index in [0.717, 1.165) is 22.3 Å². The molecule has 0 amide bonds. The number of aryl methyl sites for hydroxylation is 3. The summed E-state index contributed by atoms with van der Waals surface area (Å²) >= 11 is 0. The first-order valence-electron chi connectivity index (χ1n) is 8.41. The lowest BCUT2D eigenvalue weighted by molar-refractivity contribution is -0.196. The summed E-state index contributed by atoms with van der Waals surface area (Å²) in [7, 11) is 0. The van der Waals surface area contributed by atoms with Gasteiger partial charge in [0, 0.05) is 13.0 Å². The van der Waals surface area contributed by atoms with Crippen molar-refractivity contribution in [1.82, 2.24) is 0 Å². The van der Waals surface area contributed by atoms with Crippen LogP contribution in [-0.4, -0.2) is 37.4 Å². The predicted octanol–water partition coefficient (Wildman–Crippen LogP) is 2.81. The standard InChI is InChI=1S/C19H26O5/c1-5-23-18(21)19(7-6-8-22-12-19)24-17(20)11-16-14(3)9-13(2)10-15(16)4/h9-10H,5-8,11-12H2,1-4H3. The number of carbonyl (C=O) groups is 2. The van der Waals surface area contributed by atoms with Gasteiger partial charge >= 0.3 is 11.9 Å². The molecule has 2 rings (SSSR count). The maximum Gasteiger partial charge on any atom is 0.353 e. The Hall–Kier alpha value is -1.88. The van der Waals surface area contributed by atoms with E-state index < -0.39 is 17.5 Å². The molecular weight excluding hydrogens is 308 g/mol. The third kappa shape index (κ3) is 4.15. The molecule has 1 fully saturated rings. The van der Waals surface area contributed by atoms with Crippen LogP contribution in [0.3, 0.4) is 0 Å². The Labute approximate surface area is 143 Å². The minimum absolute atomic E-state index is 0.0590. The van der Waals surface area contributed by atoms with Crippen LogP contribution in [0.15, 0.2) is 12.1 Å². The molecule has 0 bridgehead atoms. The van der Waals surface area contributed by atoms with Crippen molar-refractivity contribution in [3.63, 3.8) is 0 Å². The lowest BCUT2D eigenvalue weighted by Gasteiger charge is -2.34. The van der Waals surface area contributed by atoms with Crippen LogP contribution in [0.2, 0.25) is 0 Å². The number of carbonyl (C=O) groups excluding carboxylic acids is 2. The zero-order valence-electron chi connectivity index (χ0n) is 14.9. The first-order chi connectivity index (χ1) is 11.4. The average Bonchev–Trinajstić information content (AvgIpc) is 2.52. The SMILES string of the molecule is CCOC(=O)C1(OC(=O)Cc2c(C)cc(C)cc2C)CCCOC1. The molecule has 1 heterocycles. The molecule has 1 aliphatic heterocycles. The fourth-order valence-corrected chi connectivity index (χ4v) is 3.20. The summed E-state index contributed by atoms with van der Waals surface area (Å²) in [5.41, 5.74) is 2.90. The Morgan fingerprint density at radius 2 is 1.88 bits per heavy atom. The molecule has 1 aromatic rings.